The number of anilines is 1. The summed E-state index contributed by atoms with van der Waals surface area (Å²) in [4.78, 5) is 22.5. The average Bonchev–Trinajstić information content (AvgIpc) is 2.43. The van der Waals surface area contributed by atoms with E-state index in [0.717, 1.165) is 6.07 Å². The van der Waals surface area contributed by atoms with Crippen LogP contribution in [0.1, 0.15) is 15.9 Å². The van der Waals surface area contributed by atoms with Crippen molar-refractivity contribution in [1.29, 1.82) is 0 Å². The Kier molecular flexibility index (Phi) is 4.18. The normalized spacial score (nSPS) is 10.1. The standard InChI is InChI=1S/C15H12FNO4/c16-11-4-2-1-3-9(11)8-14(19)17-12-6-5-10(15(20)21)7-13(12)18/h1-7,18H,8H2,(H,17,19)(H,20,21). The number of aromatic carboxylic acids is 1. The van der Waals surface area contributed by atoms with E-state index in [0.29, 0.717) is 0 Å². The van der Waals surface area contributed by atoms with Crippen molar-refractivity contribution in [1.82, 2.24) is 0 Å². The molecule has 5 nitrogen and oxygen atoms in total. The molecular weight excluding hydrogens is 277 g/mol. The minimum atomic E-state index is -1.19. The monoisotopic (exact) mass is 289 g/mol. The van der Waals surface area contributed by atoms with E-state index >= 15 is 0 Å². The van der Waals surface area contributed by atoms with Gasteiger partial charge in [0.2, 0.25) is 5.91 Å². The van der Waals surface area contributed by atoms with Gasteiger partial charge in [-0.05, 0) is 29.8 Å². The Labute approximate surface area is 119 Å². The van der Waals surface area contributed by atoms with Gasteiger partial charge in [-0.1, -0.05) is 18.2 Å². The molecule has 0 bridgehead atoms. The molecule has 2 aromatic carbocycles. The zero-order chi connectivity index (χ0) is 15.4. The quantitative estimate of drug-likeness (QED) is 0.754. The van der Waals surface area contributed by atoms with Gasteiger partial charge in [-0.25, -0.2) is 9.18 Å². The van der Waals surface area contributed by atoms with Gasteiger partial charge in [0.05, 0.1) is 17.7 Å². The fourth-order valence-corrected chi connectivity index (χ4v) is 1.78. The summed E-state index contributed by atoms with van der Waals surface area (Å²) >= 11 is 0. The number of halogens is 1. The summed E-state index contributed by atoms with van der Waals surface area (Å²) < 4.78 is 13.4. The molecule has 0 radical (unpaired) electrons. The maximum absolute atomic E-state index is 13.4. The Balaban J connectivity index is 2.10. The second kappa shape index (κ2) is 6.04. The topological polar surface area (TPSA) is 86.6 Å². The maximum atomic E-state index is 13.4. The highest BCUT2D eigenvalue weighted by Crippen LogP contribution is 2.24. The zero-order valence-corrected chi connectivity index (χ0v) is 10.8. The van der Waals surface area contributed by atoms with Gasteiger partial charge in [-0.3, -0.25) is 4.79 Å². The largest absolute Gasteiger partial charge is 0.506 e. The Bertz CT molecular complexity index is 700. The van der Waals surface area contributed by atoms with Gasteiger partial charge >= 0.3 is 5.97 Å². The second-order valence-corrected chi connectivity index (χ2v) is 4.35. The van der Waals surface area contributed by atoms with E-state index < -0.39 is 17.7 Å². The number of hydrogen-bond donors (Lipinski definition) is 3. The number of carboxylic acids is 1. The lowest BCUT2D eigenvalue weighted by molar-refractivity contribution is -0.115. The molecule has 3 N–H and O–H groups in total. The molecule has 21 heavy (non-hydrogen) atoms. The summed E-state index contributed by atoms with van der Waals surface area (Å²) in [6, 6.07) is 9.43. The highest BCUT2D eigenvalue weighted by molar-refractivity contribution is 5.95. The minimum Gasteiger partial charge on any atom is -0.506 e. The maximum Gasteiger partial charge on any atom is 0.335 e. The van der Waals surface area contributed by atoms with Gasteiger partial charge in [0.1, 0.15) is 11.6 Å². The number of benzene rings is 2. The van der Waals surface area contributed by atoms with Crippen LogP contribution in [-0.4, -0.2) is 22.1 Å². The predicted octanol–water partition coefficient (Wildman–Crippen LogP) is 2.41. The number of amides is 1. The molecule has 0 aliphatic heterocycles. The molecule has 0 atom stereocenters. The van der Waals surface area contributed by atoms with Crippen LogP contribution in [0, 0.1) is 5.82 Å². The summed E-state index contributed by atoms with van der Waals surface area (Å²) in [6.45, 7) is 0. The molecule has 1 amide bonds. The predicted molar refractivity (Wildman–Crippen MR) is 73.8 cm³/mol. The van der Waals surface area contributed by atoms with Crippen molar-refractivity contribution in [3.05, 3.63) is 59.4 Å². The van der Waals surface area contributed by atoms with E-state index in [1.165, 1.54) is 30.3 Å². The first-order valence-electron chi connectivity index (χ1n) is 6.07. The van der Waals surface area contributed by atoms with Gasteiger partial charge < -0.3 is 15.5 Å². The molecule has 0 aliphatic carbocycles. The van der Waals surface area contributed by atoms with Crippen molar-refractivity contribution < 1.29 is 24.2 Å². The molecule has 6 heteroatoms. The van der Waals surface area contributed by atoms with Crippen molar-refractivity contribution in [2.75, 3.05) is 5.32 Å². The molecule has 0 fully saturated rings. The molecular formula is C15H12FNO4. The van der Waals surface area contributed by atoms with Crippen LogP contribution >= 0.6 is 0 Å². The third kappa shape index (κ3) is 3.56. The van der Waals surface area contributed by atoms with Gasteiger partial charge in [0.15, 0.2) is 0 Å². The molecule has 0 aromatic heterocycles. The van der Waals surface area contributed by atoms with E-state index in [9.17, 15) is 19.1 Å². The highest BCUT2D eigenvalue weighted by Gasteiger charge is 2.12. The highest BCUT2D eigenvalue weighted by atomic mass is 19.1. The van der Waals surface area contributed by atoms with Crippen molar-refractivity contribution in [3.63, 3.8) is 0 Å². The third-order valence-corrected chi connectivity index (χ3v) is 2.83. The minimum absolute atomic E-state index is 0.0707. The number of carbonyl (C=O) groups excluding carboxylic acids is 1. The SMILES string of the molecule is O=C(Cc1ccccc1F)Nc1ccc(C(=O)O)cc1O. The van der Waals surface area contributed by atoms with Crippen LogP contribution < -0.4 is 5.32 Å². The Morgan fingerprint density at radius 2 is 1.86 bits per heavy atom. The lowest BCUT2D eigenvalue weighted by Crippen LogP contribution is -2.15. The molecule has 0 heterocycles. The summed E-state index contributed by atoms with van der Waals surface area (Å²) in [5.74, 6) is -2.55. The van der Waals surface area contributed by atoms with Gasteiger partial charge in [-0.2, -0.15) is 0 Å². The average molecular weight is 289 g/mol. The van der Waals surface area contributed by atoms with E-state index in [4.69, 9.17) is 5.11 Å². The van der Waals surface area contributed by atoms with E-state index in [1.54, 1.807) is 6.07 Å². The number of nitrogens with one attached hydrogen (secondary N) is 1. The van der Waals surface area contributed by atoms with Crippen LogP contribution in [0.15, 0.2) is 42.5 Å². The van der Waals surface area contributed by atoms with Crippen molar-refractivity contribution in [2.45, 2.75) is 6.42 Å². The first-order chi connectivity index (χ1) is 9.97. The van der Waals surface area contributed by atoms with Crippen LogP contribution in [0.2, 0.25) is 0 Å². The number of carboxylic acid groups (broad SMARTS) is 1. The first-order valence-corrected chi connectivity index (χ1v) is 6.07. The molecule has 0 spiro atoms. The van der Waals surface area contributed by atoms with Crippen molar-refractivity contribution >= 4 is 17.6 Å². The smallest absolute Gasteiger partial charge is 0.335 e. The summed E-state index contributed by atoms with van der Waals surface area (Å²) in [5.41, 5.74) is 0.206. The molecule has 0 unspecified atom stereocenters. The second-order valence-electron chi connectivity index (χ2n) is 4.35. The van der Waals surface area contributed by atoms with Gasteiger partial charge in [0, 0.05) is 0 Å². The van der Waals surface area contributed by atoms with Crippen LogP contribution in [-0.2, 0) is 11.2 Å². The van der Waals surface area contributed by atoms with Gasteiger partial charge in [0.25, 0.3) is 0 Å². The van der Waals surface area contributed by atoms with E-state index in [-0.39, 0.29) is 29.0 Å². The molecule has 0 aliphatic rings. The summed E-state index contributed by atoms with van der Waals surface area (Å²) in [5, 5.41) is 20.8. The summed E-state index contributed by atoms with van der Waals surface area (Å²) in [6.07, 6.45) is -0.188. The fraction of sp³-hybridized carbons (Fsp3) is 0.0667. The number of hydrogen-bond acceptors (Lipinski definition) is 3. The lowest BCUT2D eigenvalue weighted by Gasteiger charge is -2.08. The van der Waals surface area contributed by atoms with Gasteiger partial charge in [-0.15, -0.1) is 0 Å². The Morgan fingerprint density at radius 1 is 1.14 bits per heavy atom. The van der Waals surface area contributed by atoms with Crippen LogP contribution in [0.25, 0.3) is 0 Å². The number of carbonyl (C=O) groups is 2. The summed E-state index contributed by atoms with van der Waals surface area (Å²) in [7, 11) is 0. The Hall–Kier alpha value is -2.89. The van der Waals surface area contributed by atoms with Crippen LogP contribution in [0.3, 0.4) is 0 Å². The lowest BCUT2D eigenvalue weighted by atomic mass is 10.1. The number of aromatic hydroxyl groups is 1. The first kappa shape index (κ1) is 14.5. The fourth-order valence-electron chi connectivity index (χ4n) is 1.78. The Morgan fingerprint density at radius 3 is 2.48 bits per heavy atom. The van der Waals surface area contributed by atoms with Crippen LogP contribution in [0.4, 0.5) is 10.1 Å². The molecule has 0 saturated carbocycles. The molecule has 108 valence electrons. The number of phenolic OH excluding ortho intramolecular Hbond substituents is 1. The van der Waals surface area contributed by atoms with E-state index in [1.807, 2.05) is 0 Å². The zero-order valence-electron chi connectivity index (χ0n) is 10.8. The molecule has 0 saturated heterocycles. The van der Waals surface area contributed by atoms with Crippen molar-refractivity contribution in [2.24, 2.45) is 0 Å². The number of phenols is 1. The molecule has 2 rings (SSSR count). The molecule has 2 aromatic rings. The van der Waals surface area contributed by atoms with Crippen molar-refractivity contribution in [3.8, 4) is 5.75 Å². The third-order valence-electron chi connectivity index (χ3n) is 2.83. The van der Waals surface area contributed by atoms with E-state index in [2.05, 4.69) is 5.32 Å². The van der Waals surface area contributed by atoms with Crippen LogP contribution in [0.5, 0.6) is 5.75 Å². The number of rotatable bonds is 4.